The number of ether oxygens (including phenoxy) is 2. The summed E-state index contributed by atoms with van der Waals surface area (Å²) in [6, 6.07) is 6.97. The van der Waals surface area contributed by atoms with Gasteiger partial charge in [-0.05, 0) is 24.3 Å². The van der Waals surface area contributed by atoms with E-state index in [4.69, 9.17) is 25.5 Å². The molecule has 0 heterocycles. The molecule has 112 valence electrons. The van der Waals surface area contributed by atoms with Crippen molar-refractivity contribution in [3.05, 3.63) is 29.8 Å². The molecule has 0 aliphatic rings. The van der Waals surface area contributed by atoms with Crippen LogP contribution in [0.4, 0.5) is 0 Å². The third-order valence-electron chi connectivity index (χ3n) is 2.46. The third kappa shape index (κ3) is 6.37. The average molecular weight is 283 g/mol. The van der Waals surface area contributed by atoms with Gasteiger partial charge >= 0.3 is 0 Å². The maximum Gasteiger partial charge on any atom is 0.170 e. The zero-order valence-corrected chi connectivity index (χ0v) is 11.3. The van der Waals surface area contributed by atoms with Crippen molar-refractivity contribution >= 4 is 5.84 Å². The van der Waals surface area contributed by atoms with Gasteiger partial charge in [-0.15, -0.1) is 0 Å². The molecule has 0 aliphatic heterocycles. The van der Waals surface area contributed by atoms with Gasteiger partial charge in [0.2, 0.25) is 0 Å². The molecule has 0 aromatic heterocycles. The van der Waals surface area contributed by atoms with E-state index in [1.165, 1.54) is 0 Å². The molecule has 5 N–H and O–H groups in total. The van der Waals surface area contributed by atoms with Crippen LogP contribution in [0.3, 0.4) is 0 Å². The molecule has 7 nitrogen and oxygen atoms in total. The van der Waals surface area contributed by atoms with Gasteiger partial charge in [0, 0.05) is 18.7 Å². The molecule has 0 unspecified atom stereocenters. The number of nitrogens with zero attached hydrogens (tertiary/aromatic N) is 1. The molecule has 0 spiro atoms. The molecule has 0 amide bonds. The maximum atomic E-state index is 8.53. The molecule has 1 aromatic rings. The molecule has 1 aromatic carbocycles. The number of nitrogens with two attached hydrogens (primary N) is 1. The minimum Gasteiger partial charge on any atom is -0.492 e. The summed E-state index contributed by atoms with van der Waals surface area (Å²) in [7, 11) is 0. The third-order valence-corrected chi connectivity index (χ3v) is 2.46. The fourth-order valence-electron chi connectivity index (χ4n) is 1.46. The minimum atomic E-state index is 0.0462. The van der Waals surface area contributed by atoms with Crippen molar-refractivity contribution in [2.75, 3.05) is 39.5 Å². The van der Waals surface area contributed by atoms with Crippen LogP contribution in [-0.2, 0) is 4.74 Å². The van der Waals surface area contributed by atoms with Gasteiger partial charge in [-0.2, -0.15) is 0 Å². The Balaban J connectivity index is 2.13. The van der Waals surface area contributed by atoms with Crippen LogP contribution >= 0.6 is 0 Å². The lowest BCUT2D eigenvalue weighted by Gasteiger charge is -2.08. The van der Waals surface area contributed by atoms with E-state index < -0.39 is 0 Å². The molecule has 0 aliphatic carbocycles. The first-order valence-corrected chi connectivity index (χ1v) is 6.38. The van der Waals surface area contributed by atoms with Gasteiger partial charge < -0.3 is 30.8 Å². The lowest BCUT2D eigenvalue weighted by molar-refractivity contribution is 0.0935. The van der Waals surface area contributed by atoms with E-state index in [1.54, 1.807) is 24.3 Å². The average Bonchev–Trinajstić information content (AvgIpc) is 2.50. The number of aliphatic hydroxyl groups is 1. The van der Waals surface area contributed by atoms with E-state index in [9.17, 15) is 0 Å². The molecule has 0 bridgehead atoms. The topological polar surface area (TPSA) is 109 Å². The Bertz CT molecular complexity index is 395. The lowest BCUT2D eigenvalue weighted by atomic mass is 10.2. The van der Waals surface area contributed by atoms with Gasteiger partial charge in [-0.25, -0.2) is 0 Å². The van der Waals surface area contributed by atoms with Crippen molar-refractivity contribution in [1.29, 1.82) is 0 Å². The molecule has 1 rings (SSSR count). The minimum absolute atomic E-state index is 0.0462. The highest BCUT2D eigenvalue weighted by Gasteiger charge is 1.99. The molecule has 0 atom stereocenters. The van der Waals surface area contributed by atoms with Crippen LogP contribution in [0.2, 0.25) is 0 Å². The first-order valence-electron chi connectivity index (χ1n) is 6.38. The summed E-state index contributed by atoms with van der Waals surface area (Å²) < 4.78 is 10.6. The van der Waals surface area contributed by atoms with E-state index in [2.05, 4.69) is 10.5 Å². The second kappa shape index (κ2) is 10.0. The Hall–Kier alpha value is -1.83. The van der Waals surface area contributed by atoms with Crippen LogP contribution in [0.5, 0.6) is 5.75 Å². The van der Waals surface area contributed by atoms with Crippen molar-refractivity contribution in [3.63, 3.8) is 0 Å². The summed E-state index contributed by atoms with van der Waals surface area (Å²) in [5.74, 6) is 0.791. The Morgan fingerprint density at radius 1 is 1.15 bits per heavy atom. The fraction of sp³-hybridized carbons (Fsp3) is 0.462. The number of rotatable bonds is 10. The number of amidine groups is 1. The van der Waals surface area contributed by atoms with E-state index >= 15 is 0 Å². The van der Waals surface area contributed by atoms with E-state index in [1.807, 2.05) is 0 Å². The summed E-state index contributed by atoms with van der Waals surface area (Å²) in [6.07, 6.45) is 0. The summed E-state index contributed by atoms with van der Waals surface area (Å²) in [5, 5.41) is 23.1. The second-order valence-electron chi connectivity index (χ2n) is 3.94. The Kier molecular flexibility index (Phi) is 8.13. The Morgan fingerprint density at radius 3 is 2.50 bits per heavy atom. The van der Waals surface area contributed by atoms with Gasteiger partial charge in [-0.3, -0.25) is 0 Å². The van der Waals surface area contributed by atoms with E-state index in [-0.39, 0.29) is 12.4 Å². The molecule has 0 radical (unpaired) electrons. The van der Waals surface area contributed by atoms with E-state index in [0.717, 1.165) is 5.75 Å². The van der Waals surface area contributed by atoms with E-state index in [0.29, 0.717) is 38.5 Å². The van der Waals surface area contributed by atoms with Gasteiger partial charge in [0.15, 0.2) is 5.84 Å². The number of aliphatic hydroxyl groups excluding tert-OH is 1. The predicted octanol–water partition coefficient (Wildman–Crippen LogP) is -0.242. The number of nitrogens with one attached hydrogen (secondary N) is 1. The van der Waals surface area contributed by atoms with Gasteiger partial charge in [0.05, 0.1) is 19.8 Å². The lowest BCUT2D eigenvalue weighted by Crippen LogP contribution is -2.25. The number of benzene rings is 1. The Morgan fingerprint density at radius 2 is 1.85 bits per heavy atom. The van der Waals surface area contributed by atoms with Crippen LogP contribution in [0.1, 0.15) is 5.56 Å². The van der Waals surface area contributed by atoms with Crippen LogP contribution in [0, 0.1) is 0 Å². The summed E-state index contributed by atoms with van der Waals surface area (Å²) in [5.41, 5.74) is 6.09. The standard InChI is InChI=1S/C13H21N3O4/c14-13(16-18)11-1-3-12(4-2-11)20-9-6-15-5-8-19-10-7-17/h1-4,15,17-18H,5-10H2,(H2,14,16). The number of oxime groups is 1. The largest absolute Gasteiger partial charge is 0.492 e. The van der Waals surface area contributed by atoms with Gasteiger partial charge in [0.25, 0.3) is 0 Å². The smallest absolute Gasteiger partial charge is 0.170 e. The highest BCUT2D eigenvalue weighted by Crippen LogP contribution is 2.11. The normalized spacial score (nSPS) is 11.6. The zero-order chi connectivity index (χ0) is 14.6. The summed E-state index contributed by atoms with van der Waals surface area (Å²) in [4.78, 5) is 0. The van der Waals surface area contributed by atoms with Crippen molar-refractivity contribution in [2.45, 2.75) is 0 Å². The highest BCUT2D eigenvalue weighted by atomic mass is 16.5. The molecule has 7 heteroatoms. The van der Waals surface area contributed by atoms with Gasteiger partial charge in [-0.1, -0.05) is 5.16 Å². The summed E-state index contributed by atoms with van der Waals surface area (Å²) >= 11 is 0. The first-order chi connectivity index (χ1) is 9.77. The van der Waals surface area contributed by atoms with Crippen LogP contribution in [0.25, 0.3) is 0 Å². The molecule has 0 saturated heterocycles. The first kappa shape index (κ1) is 16.2. The summed E-state index contributed by atoms with van der Waals surface area (Å²) in [6.45, 7) is 2.92. The SMILES string of the molecule is NC(=NO)c1ccc(OCCNCCOCCO)cc1. The monoisotopic (exact) mass is 283 g/mol. The van der Waals surface area contributed by atoms with Crippen molar-refractivity contribution in [2.24, 2.45) is 10.9 Å². The van der Waals surface area contributed by atoms with Crippen molar-refractivity contribution in [3.8, 4) is 5.75 Å². The highest BCUT2D eigenvalue weighted by molar-refractivity contribution is 5.97. The van der Waals surface area contributed by atoms with Crippen LogP contribution in [-0.4, -0.2) is 55.7 Å². The Labute approximate surface area is 118 Å². The molecule has 0 saturated carbocycles. The van der Waals surface area contributed by atoms with Crippen molar-refractivity contribution in [1.82, 2.24) is 5.32 Å². The fourth-order valence-corrected chi connectivity index (χ4v) is 1.46. The second-order valence-corrected chi connectivity index (χ2v) is 3.94. The predicted molar refractivity (Wildman–Crippen MR) is 75.2 cm³/mol. The van der Waals surface area contributed by atoms with Gasteiger partial charge in [0.1, 0.15) is 12.4 Å². The number of hydrogen-bond acceptors (Lipinski definition) is 6. The zero-order valence-electron chi connectivity index (χ0n) is 11.3. The van der Waals surface area contributed by atoms with Crippen molar-refractivity contribution < 1.29 is 19.8 Å². The molecular formula is C13H21N3O4. The molecular weight excluding hydrogens is 262 g/mol. The molecule has 20 heavy (non-hydrogen) atoms. The van der Waals surface area contributed by atoms with Crippen LogP contribution < -0.4 is 15.8 Å². The maximum absolute atomic E-state index is 8.53. The number of hydrogen-bond donors (Lipinski definition) is 4. The quantitative estimate of drug-likeness (QED) is 0.155. The van der Waals surface area contributed by atoms with Crippen LogP contribution in [0.15, 0.2) is 29.4 Å². The molecule has 0 fully saturated rings.